The number of carbonyl (C=O) groups is 2. The van der Waals surface area contributed by atoms with Gasteiger partial charge in [-0.05, 0) is 17.5 Å². The van der Waals surface area contributed by atoms with Gasteiger partial charge >= 0.3 is 6.18 Å². The molecule has 0 saturated carbocycles. The number of hydrogen-bond acceptors (Lipinski definition) is 5. The predicted molar refractivity (Wildman–Crippen MR) is 96.8 cm³/mol. The molecule has 0 N–H and O–H groups in total. The molecule has 30 heavy (non-hydrogen) atoms. The molecule has 1 aromatic heterocycles. The van der Waals surface area contributed by atoms with Crippen molar-refractivity contribution in [2.24, 2.45) is 0 Å². The van der Waals surface area contributed by atoms with Crippen LogP contribution in [0, 0.1) is 0 Å². The molecule has 8 nitrogen and oxygen atoms in total. The molecule has 2 amide bonds. The number of amides is 2. The number of halogens is 3. The van der Waals surface area contributed by atoms with Gasteiger partial charge in [0.1, 0.15) is 13.2 Å². The van der Waals surface area contributed by atoms with E-state index in [2.05, 4.69) is 10.2 Å². The van der Waals surface area contributed by atoms with Crippen molar-refractivity contribution in [3.05, 3.63) is 47.0 Å². The smallest absolute Gasteiger partial charge is 0.362 e. The SMILES string of the molecule is O=C(COCC(=O)N1CCn2c(nnc2C(F)(F)F)C1)N1CCc2ccccc2C1. The number of fused-ring (bicyclic) bond motifs is 2. The summed E-state index contributed by atoms with van der Waals surface area (Å²) >= 11 is 0. The summed E-state index contributed by atoms with van der Waals surface area (Å²) in [5.41, 5.74) is 2.33. The Kier molecular flexibility index (Phi) is 5.46. The van der Waals surface area contributed by atoms with Crippen molar-refractivity contribution >= 4 is 11.8 Å². The first-order chi connectivity index (χ1) is 14.3. The molecule has 0 atom stereocenters. The number of nitrogens with zero attached hydrogens (tertiary/aromatic N) is 5. The van der Waals surface area contributed by atoms with E-state index in [1.54, 1.807) is 4.90 Å². The molecule has 2 aromatic rings. The second kappa shape index (κ2) is 8.05. The molecule has 3 heterocycles. The van der Waals surface area contributed by atoms with Crippen molar-refractivity contribution in [1.82, 2.24) is 24.6 Å². The Morgan fingerprint density at radius 1 is 0.933 bits per heavy atom. The minimum absolute atomic E-state index is 0.0466. The molecule has 160 valence electrons. The maximum Gasteiger partial charge on any atom is 0.451 e. The van der Waals surface area contributed by atoms with Crippen LogP contribution in [-0.2, 0) is 46.6 Å². The predicted octanol–water partition coefficient (Wildman–Crippen LogP) is 1.24. The van der Waals surface area contributed by atoms with Crippen molar-refractivity contribution in [3.8, 4) is 0 Å². The standard InChI is InChI=1S/C19H20F3N5O3/c20-19(21,22)18-24-23-15-10-26(7-8-27(15)18)17(29)12-30-11-16(28)25-6-5-13-3-1-2-4-14(13)9-25/h1-4H,5-12H2. The summed E-state index contributed by atoms with van der Waals surface area (Å²) in [4.78, 5) is 27.7. The molecule has 0 radical (unpaired) electrons. The van der Waals surface area contributed by atoms with Gasteiger partial charge in [-0.1, -0.05) is 24.3 Å². The Labute approximate surface area is 170 Å². The quantitative estimate of drug-likeness (QED) is 0.739. The maximum absolute atomic E-state index is 12.9. The fourth-order valence-electron chi connectivity index (χ4n) is 3.70. The average Bonchev–Trinajstić information content (AvgIpc) is 3.17. The van der Waals surface area contributed by atoms with Crippen molar-refractivity contribution < 1.29 is 27.5 Å². The normalized spacial score (nSPS) is 16.2. The third-order valence-electron chi connectivity index (χ3n) is 5.29. The van der Waals surface area contributed by atoms with E-state index in [1.807, 2.05) is 24.3 Å². The Morgan fingerprint density at radius 3 is 2.30 bits per heavy atom. The van der Waals surface area contributed by atoms with Crippen LogP contribution in [0.2, 0.25) is 0 Å². The fraction of sp³-hybridized carbons (Fsp3) is 0.474. The fourth-order valence-corrected chi connectivity index (χ4v) is 3.70. The van der Waals surface area contributed by atoms with Gasteiger partial charge in [0.05, 0.1) is 6.54 Å². The van der Waals surface area contributed by atoms with Gasteiger partial charge in [-0.3, -0.25) is 9.59 Å². The van der Waals surface area contributed by atoms with Crippen LogP contribution < -0.4 is 0 Å². The lowest BCUT2D eigenvalue weighted by molar-refractivity contribution is -0.148. The van der Waals surface area contributed by atoms with E-state index in [0.717, 1.165) is 16.6 Å². The molecule has 1 aromatic carbocycles. The summed E-state index contributed by atoms with van der Waals surface area (Å²) < 4.78 is 44.9. The van der Waals surface area contributed by atoms with Crippen molar-refractivity contribution in [2.75, 3.05) is 26.3 Å². The van der Waals surface area contributed by atoms with Crippen LogP contribution in [0.1, 0.15) is 22.8 Å². The minimum atomic E-state index is -4.59. The minimum Gasteiger partial charge on any atom is -0.362 e. The maximum atomic E-state index is 12.9. The molecule has 11 heteroatoms. The summed E-state index contributed by atoms with van der Waals surface area (Å²) in [6.45, 7) is 0.517. The van der Waals surface area contributed by atoms with Gasteiger partial charge in [0, 0.05) is 26.2 Å². The van der Waals surface area contributed by atoms with E-state index in [4.69, 9.17) is 4.74 Å². The van der Waals surface area contributed by atoms with Crippen LogP contribution in [-0.4, -0.2) is 62.7 Å². The first-order valence-corrected chi connectivity index (χ1v) is 9.52. The van der Waals surface area contributed by atoms with E-state index in [0.29, 0.717) is 13.1 Å². The monoisotopic (exact) mass is 423 g/mol. The highest BCUT2D eigenvalue weighted by Crippen LogP contribution is 2.29. The van der Waals surface area contributed by atoms with Crippen LogP contribution in [0.15, 0.2) is 24.3 Å². The van der Waals surface area contributed by atoms with Gasteiger partial charge in [-0.25, -0.2) is 0 Å². The molecule has 0 unspecified atom stereocenters. The third kappa shape index (κ3) is 4.16. The Balaban J connectivity index is 1.26. The highest BCUT2D eigenvalue weighted by atomic mass is 19.4. The summed E-state index contributed by atoms with van der Waals surface area (Å²) in [7, 11) is 0. The lowest BCUT2D eigenvalue weighted by Crippen LogP contribution is -2.42. The van der Waals surface area contributed by atoms with Gasteiger partial charge in [0.25, 0.3) is 0 Å². The van der Waals surface area contributed by atoms with E-state index in [1.165, 1.54) is 10.5 Å². The van der Waals surface area contributed by atoms with Crippen LogP contribution in [0.5, 0.6) is 0 Å². The molecule has 0 fully saturated rings. The summed E-state index contributed by atoms with van der Waals surface area (Å²) in [5, 5.41) is 6.73. The van der Waals surface area contributed by atoms with Crippen molar-refractivity contribution in [1.29, 1.82) is 0 Å². The van der Waals surface area contributed by atoms with Gasteiger partial charge in [-0.15, -0.1) is 10.2 Å². The topological polar surface area (TPSA) is 80.6 Å². The van der Waals surface area contributed by atoms with Gasteiger partial charge < -0.3 is 19.1 Å². The molecular formula is C19H20F3N5O3. The van der Waals surface area contributed by atoms with Crippen LogP contribution in [0.4, 0.5) is 13.2 Å². The second-order valence-corrected chi connectivity index (χ2v) is 7.23. The van der Waals surface area contributed by atoms with E-state index in [-0.39, 0.29) is 44.6 Å². The van der Waals surface area contributed by atoms with Crippen LogP contribution >= 0.6 is 0 Å². The molecule has 0 bridgehead atoms. The zero-order valence-corrected chi connectivity index (χ0v) is 16.1. The molecule has 2 aliphatic rings. The van der Waals surface area contributed by atoms with E-state index in [9.17, 15) is 22.8 Å². The van der Waals surface area contributed by atoms with Gasteiger partial charge in [-0.2, -0.15) is 13.2 Å². The lowest BCUT2D eigenvalue weighted by Gasteiger charge is -2.29. The Morgan fingerprint density at radius 2 is 1.60 bits per heavy atom. The van der Waals surface area contributed by atoms with Crippen LogP contribution in [0.3, 0.4) is 0 Å². The number of alkyl halides is 3. The van der Waals surface area contributed by atoms with Crippen molar-refractivity contribution in [3.63, 3.8) is 0 Å². The largest absolute Gasteiger partial charge is 0.451 e. The molecule has 0 aliphatic carbocycles. The lowest BCUT2D eigenvalue weighted by atomic mass is 10.00. The molecule has 0 spiro atoms. The molecular weight excluding hydrogens is 403 g/mol. The number of hydrogen-bond donors (Lipinski definition) is 0. The summed E-state index contributed by atoms with van der Waals surface area (Å²) in [6.07, 6.45) is -3.81. The zero-order valence-electron chi connectivity index (χ0n) is 16.1. The number of carbonyl (C=O) groups excluding carboxylic acids is 2. The number of ether oxygens (including phenoxy) is 1. The van der Waals surface area contributed by atoms with Crippen molar-refractivity contribution in [2.45, 2.75) is 32.2 Å². The van der Waals surface area contributed by atoms with E-state index >= 15 is 0 Å². The molecule has 0 saturated heterocycles. The number of rotatable bonds is 4. The Bertz CT molecular complexity index is 959. The summed E-state index contributed by atoms with van der Waals surface area (Å²) in [6, 6.07) is 7.93. The zero-order chi connectivity index (χ0) is 21.3. The van der Waals surface area contributed by atoms with Gasteiger partial charge in [0.15, 0.2) is 5.82 Å². The highest BCUT2D eigenvalue weighted by molar-refractivity contribution is 5.80. The number of benzene rings is 1. The molecule has 2 aliphatic heterocycles. The first kappa shape index (κ1) is 20.3. The average molecular weight is 423 g/mol. The highest BCUT2D eigenvalue weighted by Gasteiger charge is 2.39. The van der Waals surface area contributed by atoms with Crippen LogP contribution in [0.25, 0.3) is 0 Å². The summed E-state index contributed by atoms with van der Waals surface area (Å²) in [5.74, 6) is -1.60. The van der Waals surface area contributed by atoms with Gasteiger partial charge in [0.2, 0.25) is 17.6 Å². The van der Waals surface area contributed by atoms with E-state index < -0.39 is 17.9 Å². The Hall–Kier alpha value is -2.95. The number of aromatic nitrogens is 3. The second-order valence-electron chi connectivity index (χ2n) is 7.23. The first-order valence-electron chi connectivity index (χ1n) is 9.52. The third-order valence-corrected chi connectivity index (χ3v) is 5.29. The molecule has 4 rings (SSSR count).